The Morgan fingerprint density at radius 2 is 1.93 bits per heavy atom. The monoisotopic (exact) mass is 399 g/mol. The van der Waals surface area contributed by atoms with Gasteiger partial charge in [-0.2, -0.15) is 0 Å². The van der Waals surface area contributed by atoms with Gasteiger partial charge in [0.05, 0.1) is 11.7 Å². The first kappa shape index (κ1) is 18.8. The van der Waals surface area contributed by atoms with Crippen molar-refractivity contribution in [2.45, 2.75) is 50.8 Å². The lowest BCUT2D eigenvalue weighted by Crippen LogP contribution is -2.42. The van der Waals surface area contributed by atoms with E-state index in [1.807, 2.05) is 42.6 Å². The quantitative estimate of drug-likeness (QED) is 0.621. The van der Waals surface area contributed by atoms with Gasteiger partial charge in [-0.3, -0.25) is 4.79 Å². The lowest BCUT2D eigenvalue weighted by molar-refractivity contribution is -0.134. The molecule has 0 spiro atoms. The molecule has 30 heavy (non-hydrogen) atoms. The topological polar surface area (TPSA) is 55.3 Å². The molecule has 2 aliphatic rings. The summed E-state index contributed by atoms with van der Waals surface area (Å²) < 4.78 is 5.93. The molecule has 1 fully saturated rings. The van der Waals surface area contributed by atoms with Crippen LogP contribution in [-0.2, 0) is 24.2 Å². The minimum atomic E-state index is 0.146. The highest BCUT2D eigenvalue weighted by Gasteiger charge is 2.42. The first-order valence-electron chi connectivity index (χ1n) is 10.6. The zero-order valence-electron chi connectivity index (χ0n) is 16.9. The Hall–Kier alpha value is -3.21. The maximum Gasteiger partial charge on any atom is 0.223 e. The van der Waals surface area contributed by atoms with Gasteiger partial charge in [0.25, 0.3) is 0 Å². The predicted molar refractivity (Wildman–Crippen MR) is 114 cm³/mol. The van der Waals surface area contributed by atoms with E-state index in [4.69, 9.17) is 4.74 Å². The zero-order valence-corrected chi connectivity index (χ0v) is 16.9. The molecule has 2 bridgehead atoms. The number of aryl methyl sites for hydroxylation is 1. The molecule has 3 aromatic rings. The minimum absolute atomic E-state index is 0.146. The summed E-state index contributed by atoms with van der Waals surface area (Å²) in [6, 6.07) is 18.6. The van der Waals surface area contributed by atoms with Gasteiger partial charge in [-0.15, -0.1) is 0 Å². The van der Waals surface area contributed by atoms with E-state index in [0.29, 0.717) is 13.0 Å². The second kappa shape index (κ2) is 8.27. The molecule has 1 aromatic heterocycles. The van der Waals surface area contributed by atoms with Crippen LogP contribution in [0.25, 0.3) is 0 Å². The molecule has 0 N–H and O–H groups in total. The summed E-state index contributed by atoms with van der Waals surface area (Å²) in [5.74, 6) is 1.07. The molecule has 1 amide bonds. The summed E-state index contributed by atoms with van der Waals surface area (Å²) in [6.07, 6.45) is 7.65. The van der Waals surface area contributed by atoms with E-state index >= 15 is 0 Å². The van der Waals surface area contributed by atoms with E-state index in [1.54, 1.807) is 6.33 Å². The van der Waals surface area contributed by atoms with E-state index in [2.05, 4.69) is 33.1 Å². The molecule has 0 aliphatic carbocycles. The molecule has 2 unspecified atom stereocenters. The number of aromatic nitrogens is 2. The van der Waals surface area contributed by atoms with E-state index in [0.717, 1.165) is 53.8 Å². The average molecular weight is 399 g/mol. The second-order valence-electron chi connectivity index (χ2n) is 8.10. The van der Waals surface area contributed by atoms with E-state index in [1.165, 1.54) is 0 Å². The van der Waals surface area contributed by atoms with Gasteiger partial charge < -0.3 is 9.64 Å². The van der Waals surface area contributed by atoms with Crippen molar-refractivity contribution in [3.05, 3.63) is 89.5 Å². The zero-order chi connectivity index (χ0) is 20.3. The van der Waals surface area contributed by atoms with Crippen molar-refractivity contribution in [3.8, 4) is 5.75 Å². The normalized spacial score (nSPS) is 19.4. The number of ether oxygens (including phenoxy) is 1. The predicted octanol–water partition coefficient (Wildman–Crippen LogP) is 4.28. The average Bonchev–Trinajstić information content (AvgIpc) is 3.12. The van der Waals surface area contributed by atoms with E-state index in [-0.39, 0.29) is 18.0 Å². The number of fused-ring (bicyclic) bond motifs is 4. The molecule has 5 heteroatoms. The van der Waals surface area contributed by atoms with Crippen molar-refractivity contribution in [1.29, 1.82) is 0 Å². The van der Waals surface area contributed by atoms with Crippen LogP contribution in [0.2, 0.25) is 0 Å². The molecule has 152 valence electrons. The maximum absolute atomic E-state index is 13.1. The Morgan fingerprint density at radius 3 is 2.83 bits per heavy atom. The van der Waals surface area contributed by atoms with Crippen LogP contribution in [-0.4, -0.2) is 26.8 Å². The van der Waals surface area contributed by atoms with Crippen molar-refractivity contribution >= 4 is 5.91 Å². The Balaban J connectivity index is 1.21. The van der Waals surface area contributed by atoms with E-state index in [9.17, 15) is 4.79 Å². The molecule has 2 atom stereocenters. The van der Waals surface area contributed by atoms with Crippen LogP contribution in [0.15, 0.2) is 67.1 Å². The molecular weight excluding hydrogens is 374 g/mol. The van der Waals surface area contributed by atoms with Gasteiger partial charge in [-0.05, 0) is 42.5 Å². The van der Waals surface area contributed by atoms with Crippen LogP contribution in [0.4, 0.5) is 0 Å². The summed E-state index contributed by atoms with van der Waals surface area (Å²) in [5, 5.41) is 0. The number of nitrogens with zero attached hydrogens (tertiary/aromatic N) is 3. The third-order valence-corrected chi connectivity index (χ3v) is 6.18. The summed E-state index contributed by atoms with van der Waals surface area (Å²) in [7, 11) is 0. The number of amides is 1. The number of carbonyl (C=O) groups is 1. The molecule has 0 saturated carbocycles. The number of rotatable bonds is 6. The molecule has 3 heterocycles. The molecule has 0 radical (unpaired) electrons. The second-order valence-corrected chi connectivity index (χ2v) is 8.10. The first-order valence-corrected chi connectivity index (χ1v) is 10.6. The van der Waals surface area contributed by atoms with Crippen LogP contribution >= 0.6 is 0 Å². The Morgan fingerprint density at radius 1 is 1.07 bits per heavy atom. The molecule has 2 aliphatic heterocycles. The fraction of sp³-hybridized carbons (Fsp3) is 0.320. The maximum atomic E-state index is 13.1. The van der Waals surface area contributed by atoms with Gasteiger partial charge in [-0.25, -0.2) is 9.97 Å². The Labute approximate surface area is 176 Å². The highest BCUT2D eigenvalue weighted by molar-refractivity contribution is 5.78. The molecular formula is C25H25N3O2. The molecule has 1 saturated heterocycles. The van der Waals surface area contributed by atoms with Crippen molar-refractivity contribution in [1.82, 2.24) is 14.9 Å². The van der Waals surface area contributed by atoms with Crippen LogP contribution in [0.1, 0.15) is 47.7 Å². The van der Waals surface area contributed by atoms with Gasteiger partial charge in [-0.1, -0.05) is 42.5 Å². The van der Waals surface area contributed by atoms with Crippen LogP contribution in [0.3, 0.4) is 0 Å². The number of benzene rings is 2. The van der Waals surface area contributed by atoms with Gasteiger partial charge in [0.1, 0.15) is 18.7 Å². The van der Waals surface area contributed by atoms with Crippen molar-refractivity contribution in [3.63, 3.8) is 0 Å². The third kappa shape index (κ3) is 3.80. The van der Waals surface area contributed by atoms with Gasteiger partial charge >= 0.3 is 0 Å². The van der Waals surface area contributed by atoms with E-state index < -0.39 is 0 Å². The molecule has 2 aromatic carbocycles. The van der Waals surface area contributed by atoms with Gasteiger partial charge in [0.2, 0.25) is 5.91 Å². The SMILES string of the molecule is O=C(CCc1cccc(OCc2ccccc2)c1)N1C2CCC1c1cncnc1C2. The number of hydrogen-bond donors (Lipinski definition) is 0. The lowest BCUT2D eigenvalue weighted by Gasteiger charge is -2.35. The van der Waals surface area contributed by atoms with Crippen LogP contribution in [0.5, 0.6) is 5.75 Å². The van der Waals surface area contributed by atoms with Gasteiger partial charge in [0.15, 0.2) is 0 Å². The van der Waals surface area contributed by atoms with Crippen molar-refractivity contribution < 1.29 is 9.53 Å². The van der Waals surface area contributed by atoms with Crippen molar-refractivity contribution in [2.75, 3.05) is 0 Å². The van der Waals surface area contributed by atoms with Crippen LogP contribution in [0, 0.1) is 0 Å². The Kier molecular flexibility index (Phi) is 5.18. The molecule has 5 rings (SSSR count). The largest absolute Gasteiger partial charge is 0.489 e. The van der Waals surface area contributed by atoms with Gasteiger partial charge in [0, 0.05) is 30.6 Å². The summed E-state index contributed by atoms with van der Waals surface area (Å²) in [5.41, 5.74) is 4.52. The first-order chi connectivity index (χ1) is 14.8. The smallest absolute Gasteiger partial charge is 0.223 e. The highest BCUT2D eigenvalue weighted by atomic mass is 16.5. The standard InChI is InChI=1S/C25H25N3O2/c29-25(28-20-10-11-24(28)22-15-26-17-27-23(22)14-20)12-9-18-7-4-8-21(13-18)30-16-19-5-2-1-3-6-19/h1-8,13,15,17,20,24H,9-12,14,16H2. The highest BCUT2D eigenvalue weighted by Crippen LogP contribution is 2.43. The summed E-state index contributed by atoms with van der Waals surface area (Å²) in [4.78, 5) is 23.8. The Bertz CT molecular complexity index is 1040. The number of hydrogen-bond acceptors (Lipinski definition) is 4. The third-order valence-electron chi connectivity index (χ3n) is 6.18. The minimum Gasteiger partial charge on any atom is -0.489 e. The fourth-order valence-corrected chi connectivity index (χ4v) is 4.72. The molecule has 5 nitrogen and oxygen atoms in total. The lowest BCUT2D eigenvalue weighted by atomic mass is 9.98. The summed E-state index contributed by atoms with van der Waals surface area (Å²) in [6.45, 7) is 0.543. The van der Waals surface area contributed by atoms with Crippen LogP contribution < -0.4 is 4.74 Å². The summed E-state index contributed by atoms with van der Waals surface area (Å²) >= 11 is 0. The fourth-order valence-electron chi connectivity index (χ4n) is 4.72. The number of carbonyl (C=O) groups excluding carboxylic acids is 1. The van der Waals surface area contributed by atoms with Crippen molar-refractivity contribution in [2.24, 2.45) is 0 Å².